The molecule has 2 rings (SSSR count). The lowest BCUT2D eigenvalue weighted by Crippen LogP contribution is -2.38. The Morgan fingerprint density at radius 1 is 1.18 bits per heavy atom. The molecule has 1 aliphatic rings. The van der Waals surface area contributed by atoms with Crippen LogP contribution in [0, 0.1) is 0 Å². The van der Waals surface area contributed by atoms with Gasteiger partial charge in [-0.05, 0) is 30.5 Å². The molecule has 0 unspecified atom stereocenters. The molecule has 0 bridgehead atoms. The fourth-order valence-corrected chi connectivity index (χ4v) is 2.45. The summed E-state index contributed by atoms with van der Waals surface area (Å²) in [5.74, 6) is 0.188. The van der Waals surface area contributed by atoms with Crippen molar-refractivity contribution in [2.75, 3.05) is 0 Å². The summed E-state index contributed by atoms with van der Waals surface area (Å²) in [6.07, 6.45) is 5.20. The first-order valence-corrected chi connectivity index (χ1v) is 5.94. The summed E-state index contributed by atoms with van der Waals surface area (Å²) >= 11 is 0. The summed E-state index contributed by atoms with van der Waals surface area (Å²) in [6, 6.07) is 6.78. The van der Waals surface area contributed by atoms with Crippen molar-refractivity contribution in [3.8, 4) is 5.75 Å². The van der Waals surface area contributed by atoms with Crippen molar-refractivity contribution in [2.45, 2.75) is 44.3 Å². The smallest absolute Gasteiger partial charge is 0.387 e. The molecule has 94 valence electrons. The van der Waals surface area contributed by atoms with Crippen LogP contribution in [0.25, 0.3) is 0 Å². The van der Waals surface area contributed by atoms with Gasteiger partial charge in [0.05, 0.1) is 0 Å². The van der Waals surface area contributed by atoms with Crippen LogP contribution >= 0.6 is 0 Å². The lowest BCUT2D eigenvalue weighted by atomic mass is 9.77. The highest BCUT2D eigenvalue weighted by Gasteiger charge is 2.29. The molecular weight excluding hydrogens is 224 g/mol. The predicted molar refractivity (Wildman–Crippen MR) is 62.0 cm³/mol. The van der Waals surface area contributed by atoms with Crippen LogP contribution in [0.4, 0.5) is 8.78 Å². The Morgan fingerprint density at radius 3 is 2.53 bits per heavy atom. The van der Waals surface area contributed by atoms with Crippen LogP contribution in [0.1, 0.15) is 37.7 Å². The number of ether oxygens (including phenoxy) is 1. The van der Waals surface area contributed by atoms with Gasteiger partial charge >= 0.3 is 6.61 Å². The molecule has 0 aromatic heterocycles. The van der Waals surface area contributed by atoms with Crippen LogP contribution in [-0.4, -0.2) is 6.61 Å². The van der Waals surface area contributed by atoms with Crippen molar-refractivity contribution in [1.29, 1.82) is 0 Å². The van der Waals surface area contributed by atoms with E-state index in [0.29, 0.717) is 0 Å². The van der Waals surface area contributed by atoms with Gasteiger partial charge in [0.15, 0.2) is 0 Å². The molecule has 1 fully saturated rings. The van der Waals surface area contributed by atoms with Crippen LogP contribution in [0.2, 0.25) is 0 Å². The second-order valence-corrected chi connectivity index (χ2v) is 4.62. The van der Waals surface area contributed by atoms with E-state index in [1.54, 1.807) is 12.1 Å². The molecule has 0 radical (unpaired) electrons. The standard InChI is InChI=1S/C13H17F2NO/c14-12(15)17-11-6-4-5-10(9-11)13(16)7-2-1-3-8-13/h4-6,9,12H,1-3,7-8,16H2. The number of alkyl halides is 2. The highest BCUT2D eigenvalue weighted by molar-refractivity contribution is 5.33. The summed E-state index contributed by atoms with van der Waals surface area (Å²) < 4.78 is 28.7. The second-order valence-electron chi connectivity index (χ2n) is 4.62. The highest BCUT2D eigenvalue weighted by atomic mass is 19.3. The molecule has 0 aliphatic heterocycles. The fraction of sp³-hybridized carbons (Fsp3) is 0.538. The molecule has 0 spiro atoms. The minimum atomic E-state index is -2.79. The quantitative estimate of drug-likeness (QED) is 0.880. The molecule has 1 aliphatic carbocycles. The number of rotatable bonds is 3. The zero-order valence-electron chi connectivity index (χ0n) is 9.66. The van der Waals surface area contributed by atoms with E-state index in [9.17, 15) is 8.78 Å². The van der Waals surface area contributed by atoms with E-state index < -0.39 is 6.61 Å². The van der Waals surface area contributed by atoms with E-state index in [0.717, 1.165) is 31.2 Å². The number of benzene rings is 1. The monoisotopic (exact) mass is 241 g/mol. The molecule has 2 nitrogen and oxygen atoms in total. The van der Waals surface area contributed by atoms with E-state index >= 15 is 0 Å². The molecule has 1 saturated carbocycles. The van der Waals surface area contributed by atoms with E-state index in [2.05, 4.69) is 4.74 Å². The molecule has 0 saturated heterocycles. The van der Waals surface area contributed by atoms with Gasteiger partial charge < -0.3 is 10.5 Å². The second kappa shape index (κ2) is 5.00. The third-order valence-electron chi connectivity index (χ3n) is 3.38. The van der Waals surface area contributed by atoms with Crippen molar-refractivity contribution in [1.82, 2.24) is 0 Å². The Morgan fingerprint density at radius 2 is 1.88 bits per heavy atom. The summed E-state index contributed by atoms with van der Waals surface area (Å²) in [6.45, 7) is -2.79. The Balaban J connectivity index is 2.19. The topological polar surface area (TPSA) is 35.2 Å². The first kappa shape index (κ1) is 12.3. The van der Waals surface area contributed by atoms with Gasteiger partial charge in [0.25, 0.3) is 0 Å². The summed E-state index contributed by atoms with van der Waals surface area (Å²) in [5.41, 5.74) is 6.86. The summed E-state index contributed by atoms with van der Waals surface area (Å²) in [4.78, 5) is 0. The summed E-state index contributed by atoms with van der Waals surface area (Å²) in [7, 11) is 0. The average molecular weight is 241 g/mol. The largest absolute Gasteiger partial charge is 0.435 e. The van der Waals surface area contributed by atoms with E-state index in [4.69, 9.17) is 5.73 Å². The Labute approximate surface area is 99.8 Å². The van der Waals surface area contributed by atoms with Crippen LogP contribution in [0.15, 0.2) is 24.3 Å². The SMILES string of the molecule is NC1(c2cccc(OC(F)F)c2)CCCCC1. The third-order valence-corrected chi connectivity index (χ3v) is 3.38. The van der Waals surface area contributed by atoms with Gasteiger partial charge in [-0.1, -0.05) is 31.4 Å². The van der Waals surface area contributed by atoms with Crippen molar-refractivity contribution in [3.05, 3.63) is 29.8 Å². The average Bonchev–Trinajstić information content (AvgIpc) is 2.29. The maximum atomic E-state index is 12.1. The first-order chi connectivity index (χ1) is 8.10. The van der Waals surface area contributed by atoms with Gasteiger partial charge in [-0.2, -0.15) is 8.78 Å². The Kier molecular flexibility index (Phi) is 3.62. The molecule has 4 heteroatoms. The fourth-order valence-electron chi connectivity index (χ4n) is 2.45. The van der Waals surface area contributed by atoms with Crippen molar-refractivity contribution in [2.24, 2.45) is 5.73 Å². The minimum absolute atomic E-state index is 0.188. The lowest BCUT2D eigenvalue weighted by Gasteiger charge is -2.34. The third kappa shape index (κ3) is 2.94. The number of hydrogen-bond donors (Lipinski definition) is 1. The van der Waals surface area contributed by atoms with Gasteiger partial charge in [0, 0.05) is 5.54 Å². The molecule has 1 aromatic carbocycles. The molecule has 0 amide bonds. The molecule has 2 N–H and O–H groups in total. The van der Waals surface area contributed by atoms with Crippen molar-refractivity contribution >= 4 is 0 Å². The van der Waals surface area contributed by atoms with Crippen molar-refractivity contribution < 1.29 is 13.5 Å². The van der Waals surface area contributed by atoms with Crippen molar-refractivity contribution in [3.63, 3.8) is 0 Å². The number of nitrogens with two attached hydrogens (primary N) is 1. The zero-order chi connectivity index (χ0) is 12.3. The van der Waals surface area contributed by atoms with Crippen LogP contribution in [0.5, 0.6) is 5.75 Å². The van der Waals surface area contributed by atoms with Gasteiger partial charge in [-0.25, -0.2) is 0 Å². The van der Waals surface area contributed by atoms with E-state index in [1.807, 2.05) is 6.07 Å². The van der Waals surface area contributed by atoms with Crippen LogP contribution < -0.4 is 10.5 Å². The van der Waals surface area contributed by atoms with E-state index in [-0.39, 0.29) is 11.3 Å². The maximum absolute atomic E-state index is 12.1. The van der Waals surface area contributed by atoms with Gasteiger partial charge in [-0.3, -0.25) is 0 Å². The van der Waals surface area contributed by atoms with Gasteiger partial charge in [-0.15, -0.1) is 0 Å². The van der Waals surface area contributed by atoms with Gasteiger partial charge in [0.2, 0.25) is 0 Å². The minimum Gasteiger partial charge on any atom is -0.435 e. The molecular formula is C13H17F2NO. The Hall–Kier alpha value is -1.16. The highest BCUT2D eigenvalue weighted by Crippen LogP contribution is 2.36. The van der Waals surface area contributed by atoms with E-state index in [1.165, 1.54) is 12.5 Å². The maximum Gasteiger partial charge on any atom is 0.387 e. The van der Waals surface area contributed by atoms with Crippen LogP contribution in [0.3, 0.4) is 0 Å². The summed E-state index contributed by atoms with van der Waals surface area (Å²) in [5, 5.41) is 0. The molecule has 1 aromatic rings. The van der Waals surface area contributed by atoms with Gasteiger partial charge in [0.1, 0.15) is 5.75 Å². The normalized spacial score (nSPS) is 19.3. The molecule has 0 heterocycles. The number of halogens is 2. The lowest BCUT2D eigenvalue weighted by molar-refractivity contribution is -0.0499. The molecule has 0 atom stereocenters. The Bertz CT molecular complexity index is 375. The first-order valence-electron chi connectivity index (χ1n) is 5.94. The van der Waals surface area contributed by atoms with Crippen LogP contribution in [-0.2, 0) is 5.54 Å². The number of hydrogen-bond acceptors (Lipinski definition) is 2. The predicted octanol–water partition coefficient (Wildman–Crippen LogP) is 3.41. The zero-order valence-corrected chi connectivity index (χ0v) is 9.66. The molecule has 17 heavy (non-hydrogen) atoms.